The first-order valence-corrected chi connectivity index (χ1v) is 5.30. The Morgan fingerprint density at radius 3 is 1.00 bits per heavy atom. The van der Waals surface area contributed by atoms with E-state index in [4.69, 9.17) is 0 Å². The Kier molecular flexibility index (Phi) is 6.39. The lowest BCUT2D eigenvalue weighted by Gasteiger charge is -1.87. The molecule has 0 saturated heterocycles. The first kappa shape index (κ1) is 10.8. The van der Waals surface area contributed by atoms with Gasteiger partial charge >= 0.3 is 0 Å². The smallest absolute Gasteiger partial charge is 0.0313 e. The van der Waals surface area contributed by atoms with Crippen molar-refractivity contribution in [1.29, 1.82) is 0 Å². The van der Waals surface area contributed by atoms with E-state index in [9.17, 15) is 0 Å². The summed E-state index contributed by atoms with van der Waals surface area (Å²) >= 11 is 0. The van der Waals surface area contributed by atoms with Crippen molar-refractivity contribution in [3.8, 4) is 0 Å². The minimum atomic E-state index is 1.12. The largest absolute Gasteiger partial charge is 0.0842 e. The van der Waals surface area contributed by atoms with Crippen molar-refractivity contribution in [1.82, 2.24) is 0 Å². The van der Waals surface area contributed by atoms with E-state index in [2.05, 4.69) is 60.8 Å². The van der Waals surface area contributed by atoms with Crippen LogP contribution in [0.1, 0.15) is 25.7 Å². The normalized spacial score (nSPS) is 25.1. The monoisotopic (exact) mass is 186 g/mol. The van der Waals surface area contributed by atoms with E-state index in [0.29, 0.717) is 0 Å². The van der Waals surface area contributed by atoms with Crippen LogP contribution in [-0.4, -0.2) is 0 Å². The summed E-state index contributed by atoms with van der Waals surface area (Å²) in [4.78, 5) is 0. The number of hydrogen-bond acceptors (Lipinski definition) is 0. The highest BCUT2D eigenvalue weighted by molar-refractivity contribution is 5.12. The zero-order valence-electron chi connectivity index (χ0n) is 8.60. The average molecular weight is 186 g/mol. The van der Waals surface area contributed by atoms with Crippen molar-refractivity contribution in [2.24, 2.45) is 0 Å². The topological polar surface area (TPSA) is 0 Å². The molecular formula is C14H18. The van der Waals surface area contributed by atoms with Gasteiger partial charge in [0.25, 0.3) is 0 Å². The second-order valence-corrected chi connectivity index (χ2v) is 3.25. The summed E-state index contributed by atoms with van der Waals surface area (Å²) < 4.78 is 0. The van der Waals surface area contributed by atoms with Gasteiger partial charge in [0.2, 0.25) is 0 Å². The molecule has 0 nitrogen and oxygen atoms in total. The second kappa shape index (κ2) is 8.31. The number of allylic oxidation sites excluding steroid dienone is 10. The van der Waals surface area contributed by atoms with Crippen LogP contribution in [0.3, 0.4) is 0 Å². The molecule has 0 fully saturated rings. The van der Waals surface area contributed by atoms with E-state index in [-0.39, 0.29) is 0 Å². The van der Waals surface area contributed by atoms with Crippen LogP contribution >= 0.6 is 0 Å². The molecule has 0 unspecified atom stereocenters. The first-order valence-electron chi connectivity index (χ1n) is 5.30. The Morgan fingerprint density at radius 1 is 0.357 bits per heavy atom. The predicted molar refractivity (Wildman–Crippen MR) is 64.2 cm³/mol. The fourth-order valence-electron chi connectivity index (χ4n) is 1.21. The zero-order chi connectivity index (χ0) is 9.90. The van der Waals surface area contributed by atoms with Crippen molar-refractivity contribution in [3.05, 3.63) is 60.8 Å². The lowest BCUT2D eigenvalue weighted by Crippen LogP contribution is -1.66. The maximum atomic E-state index is 2.21. The van der Waals surface area contributed by atoms with Gasteiger partial charge in [-0.05, 0) is 25.7 Å². The maximum Gasteiger partial charge on any atom is -0.0313 e. The Morgan fingerprint density at radius 2 is 0.643 bits per heavy atom. The zero-order valence-corrected chi connectivity index (χ0v) is 8.60. The molecule has 0 amide bonds. The van der Waals surface area contributed by atoms with Crippen LogP contribution in [0.2, 0.25) is 0 Å². The van der Waals surface area contributed by atoms with E-state index in [1.165, 1.54) is 0 Å². The highest BCUT2D eigenvalue weighted by atomic mass is 13.8. The van der Waals surface area contributed by atoms with Gasteiger partial charge in [-0.1, -0.05) is 60.8 Å². The Balaban J connectivity index is 2.45. The molecule has 0 saturated carbocycles. The third-order valence-corrected chi connectivity index (χ3v) is 1.99. The molecule has 0 heteroatoms. The molecule has 0 aliphatic heterocycles. The second-order valence-electron chi connectivity index (χ2n) is 3.25. The standard InChI is InChI=1S/C14H18/c1-2-4-6-8-10-12-14-13-11-9-7-5-3-1/h1-6,11-14H,7-10H2/b2-1?,5-3+,6-4?,13-11+,14-12-. The molecule has 1 aliphatic carbocycles. The summed E-state index contributed by atoms with van der Waals surface area (Å²) in [6.45, 7) is 0. The number of hydrogen-bond donors (Lipinski definition) is 0. The molecule has 1 rings (SSSR count). The molecule has 74 valence electrons. The lowest BCUT2D eigenvalue weighted by molar-refractivity contribution is 1.04. The van der Waals surface area contributed by atoms with E-state index >= 15 is 0 Å². The third-order valence-electron chi connectivity index (χ3n) is 1.99. The fraction of sp³-hybridized carbons (Fsp3) is 0.286. The Bertz CT molecular complexity index is 234. The highest BCUT2D eigenvalue weighted by Gasteiger charge is 1.77. The van der Waals surface area contributed by atoms with E-state index < -0.39 is 0 Å². The van der Waals surface area contributed by atoms with Gasteiger partial charge in [-0.15, -0.1) is 0 Å². The molecule has 0 atom stereocenters. The molecular weight excluding hydrogens is 168 g/mol. The van der Waals surface area contributed by atoms with Crippen LogP contribution in [0.4, 0.5) is 0 Å². The van der Waals surface area contributed by atoms with Gasteiger partial charge in [0.15, 0.2) is 0 Å². The van der Waals surface area contributed by atoms with Crippen LogP contribution in [-0.2, 0) is 0 Å². The minimum absolute atomic E-state index is 1.12. The Hall–Kier alpha value is -1.30. The average Bonchev–Trinajstić information content (AvgIpc) is 2.22. The SMILES string of the molecule is C1=C/C=C/CC/C=C/C=C\CCC=C1. The van der Waals surface area contributed by atoms with Gasteiger partial charge < -0.3 is 0 Å². The molecule has 0 heterocycles. The van der Waals surface area contributed by atoms with Crippen LogP contribution in [0.15, 0.2) is 60.8 Å². The summed E-state index contributed by atoms with van der Waals surface area (Å²) in [5.41, 5.74) is 0. The van der Waals surface area contributed by atoms with Crippen molar-refractivity contribution in [2.75, 3.05) is 0 Å². The molecule has 0 spiro atoms. The van der Waals surface area contributed by atoms with Gasteiger partial charge in [-0.2, -0.15) is 0 Å². The fourth-order valence-corrected chi connectivity index (χ4v) is 1.21. The van der Waals surface area contributed by atoms with E-state index in [0.717, 1.165) is 25.7 Å². The third kappa shape index (κ3) is 6.24. The highest BCUT2D eigenvalue weighted by Crippen LogP contribution is 1.97. The maximum absolute atomic E-state index is 2.21. The molecule has 0 radical (unpaired) electrons. The van der Waals surface area contributed by atoms with E-state index in [1.807, 2.05) is 0 Å². The van der Waals surface area contributed by atoms with Gasteiger partial charge in [0, 0.05) is 0 Å². The summed E-state index contributed by atoms with van der Waals surface area (Å²) in [6, 6.07) is 0. The van der Waals surface area contributed by atoms with Crippen LogP contribution < -0.4 is 0 Å². The van der Waals surface area contributed by atoms with Crippen LogP contribution in [0.5, 0.6) is 0 Å². The quantitative estimate of drug-likeness (QED) is 0.528. The van der Waals surface area contributed by atoms with Crippen molar-refractivity contribution in [2.45, 2.75) is 25.7 Å². The van der Waals surface area contributed by atoms with Gasteiger partial charge in [0.1, 0.15) is 0 Å². The van der Waals surface area contributed by atoms with Gasteiger partial charge in [-0.3, -0.25) is 0 Å². The Labute approximate surface area is 87.0 Å². The summed E-state index contributed by atoms with van der Waals surface area (Å²) in [7, 11) is 0. The molecule has 14 heavy (non-hydrogen) atoms. The molecule has 1 aliphatic rings. The minimum Gasteiger partial charge on any atom is -0.0842 e. The van der Waals surface area contributed by atoms with Crippen molar-refractivity contribution < 1.29 is 0 Å². The summed E-state index contributed by atoms with van der Waals surface area (Å²) in [5.74, 6) is 0. The molecule has 0 bridgehead atoms. The van der Waals surface area contributed by atoms with E-state index in [1.54, 1.807) is 0 Å². The summed E-state index contributed by atoms with van der Waals surface area (Å²) in [5, 5.41) is 0. The van der Waals surface area contributed by atoms with Crippen molar-refractivity contribution in [3.63, 3.8) is 0 Å². The predicted octanol–water partition coefficient (Wildman–Crippen LogP) is 4.34. The van der Waals surface area contributed by atoms with Crippen LogP contribution in [0.25, 0.3) is 0 Å². The summed E-state index contributed by atoms with van der Waals surface area (Å²) in [6.07, 6.45) is 26.0. The molecule has 0 aromatic carbocycles. The molecule has 0 aromatic rings. The number of rotatable bonds is 0. The lowest BCUT2D eigenvalue weighted by atomic mass is 10.2. The molecule has 0 aromatic heterocycles. The van der Waals surface area contributed by atoms with Crippen LogP contribution in [0, 0.1) is 0 Å². The van der Waals surface area contributed by atoms with Gasteiger partial charge in [0.05, 0.1) is 0 Å². The first-order chi connectivity index (χ1) is 7.00. The van der Waals surface area contributed by atoms with Gasteiger partial charge in [-0.25, -0.2) is 0 Å². The molecule has 0 N–H and O–H groups in total. The van der Waals surface area contributed by atoms with Crippen molar-refractivity contribution >= 4 is 0 Å².